The lowest BCUT2D eigenvalue weighted by Crippen LogP contribution is -2.26. The van der Waals surface area contributed by atoms with Crippen molar-refractivity contribution < 1.29 is 0 Å². The van der Waals surface area contributed by atoms with Gasteiger partial charge in [0.25, 0.3) is 0 Å². The quantitative estimate of drug-likeness (QED) is 0.839. The highest BCUT2D eigenvalue weighted by atomic mass is 15.3. The zero-order valence-corrected chi connectivity index (χ0v) is 11.8. The Morgan fingerprint density at radius 3 is 2.95 bits per heavy atom. The monoisotopic (exact) mass is 258 g/mol. The SMILES string of the molecule is Cc1cccn2nc(NC3CCCCCC3C)nc12. The fraction of sp³-hybridized carbons (Fsp3) is 0.600. The van der Waals surface area contributed by atoms with Crippen molar-refractivity contribution in [1.29, 1.82) is 0 Å². The molecule has 0 spiro atoms. The molecule has 102 valence electrons. The van der Waals surface area contributed by atoms with Crippen LogP contribution in [0.2, 0.25) is 0 Å². The molecular formula is C15H22N4. The van der Waals surface area contributed by atoms with Gasteiger partial charge in [0.05, 0.1) is 0 Å². The van der Waals surface area contributed by atoms with E-state index in [-0.39, 0.29) is 0 Å². The van der Waals surface area contributed by atoms with Gasteiger partial charge in [0.2, 0.25) is 5.95 Å². The van der Waals surface area contributed by atoms with Crippen molar-refractivity contribution >= 4 is 11.6 Å². The van der Waals surface area contributed by atoms with Crippen molar-refractivity contribution in [2.24, 2.45) is 5.92 Å². The third-order valence-electron chi connectivity index (χ3n) is 4.23. The van der Waals surface area contributed by atoms with Gasteiger partial charge in [-0.2, -0.15) is 4.98 Å². The summed E-state index contributed by atoms with van der Waals surface area (Å²) in [6, 6.07) is 4.59. The van der Waals surface area contributed by atoms with Gasteiger partial charge in [-0.25, -0.2) is 4.52 Å². The molecule has 2 unspecified atom stereocenters. The Morgan fingerprint density at radius 1 is 1.26 bits per heavy atom. The van der Waals surface area contributed by atoms with Crippen molar-refractivity contribution in [3.8, 4) is 0 Å². The molecule has 0 aliphatic heterocycles. The van der Waals surface area contributed by atoms with Gasteiger partial charge in [-0.3, -0.25) is 0 Å². The van der Waals surface area contributed by atoms with Crippen LogP contribution in [-0.2, 0) is 0 Å². The first-order valence-corrected chi connectivity index (χ1v) is 7.32. The molecule has 2 aromatic rings. The number of rotatable bonds is 2. The van der Waals surface area contributed by atoms with Gasteiger partial charge in [-0.15, -0.1) is 5.10 Å². The van der Waals surface area contributed by atoms with Gasteiger partial charge in [0, 0.05) is 12.2 Å². The smallest absolute Gasteiger partial charge is 0.243 e. The second-order valence-corrected chi connectivity index (χ2v) is 5.76. The highest BCUT2D eigenvalue weighted by molar-refractivity contribution is 5.50. The highest BCUT2D eigenvalue weighted by Gasteiger charge is 2.21. The average Bonchev–Trinajstić information content (AvgIpc) is 2.70. The van der Waals surface area contributed by atoms with Crippen LogP contribution >= 0.6 is 0 Å². The minimum absolute atomic E-state index is 0.514. The summed E-state index contributed by atoms with van der Waals surface area (Å²) >= 11 is 0. The summed E-state index contributed by atoms with van der Waals surface area (Å²) in [6.07, 6.45) is 8.53. The third-order valence-corrected chi connectivity index (χ3v) is 4.23. The summed E-state index contributed by atoms with van der Waals surface area (Å²) in [4.78, 5) is 4.61. The summed E-state index contributed by atoms with van der Waals surface area (Å²) < 4.78 is 1.86. The predicted molar refractivity (Wildman–Crippen MR) is 77.4 cm³/mol. The molecule has 4 heteroatoms. The Hall–Kier alpha value is -1.58. The van der Waals surface area contributed by atoms with E-state index < -0.39 is 0 Å². The van der Waals surface area contributed by atoms with Gasteiger partial charge < -0.3 is 5.32 Å². The summed E-state index contributed by atoms with van der Waals surface area (Å²) in [5, 5.41) is 8.07. The minimum atomic E-state index is 0.514. The maximum absolute atomic E-state index is 4.61. The molecule has 1 N–H and O–H groups in total. The van der Waals surface area contributed by atoms with Crippen LogP contribution in [0.5, 0.6) is 0 Å². The van der Waals surface area contributed by atoms with Crippen LogP contribution in [0.4, 0.5) is 5.95 Å². The molecule has 4 nitrogen and oxygen atoms in total. The van der Waals surface area contributed by atoms with Crippen molar-refractivity contribution in [1.82, 2.24) is 14.6 Å². The average molecular weight is 258 g/mol. The molecular weight excluding hydrogens is 236 g/mol. The first-order chi connectivity index (χ1) is 9.24. The van der Waals surface area contributed by atoms with Gasteiger partial charge in [-0.1, -0.05) is 32.3 Å². The number of nitrogens with zero attached hydrogens (tertiary/aromatic N) is 3. The predicted octanol–water partition coefficient (Wildman–Crippen LogP) is 3.42. The van der Waals surface area contributed by atoms with E-state index in [1.54, 1.807) is 0 Å². The molecule has 0 radical (unpaired) electrons. The highest BCUT2D eigenvalue weighted by Crippen LogP contribution is 2.25. The van der Waals surface area contributed by atoms with Crippen LogP contribution in [0.25, 0.3) is 5.65 Å². The van der Waals surface area contributed by atoms with E-state index in [0.717, 1.165) is 17.2 Å². The lowest BCUT2D eigenvalue weighted by atomic mass is 9.97. The molecule has 1 aliphatic carbocycles. The molecule has 0 amide bonds. The summed E-state index contributed by atoms with van der Waals surface area (Å²) in [6.45, 7) is 4.41. The Balaban J connectivity index is 1.82. The lowest BCUT2D eigenvalue weighted by molar-refractivity contribution is 0.454. The number of fused-ring (bicyclic) bond motifs is 1. The van der Waals surface area contributed by atoms with E-state index >= 15 is 0 Å². The molecule has 1 saturated carbocycles. The van der Waals surface area contributed by atoms with E-state index in [4.69, 9.17) is 0 Å². The van der Waals surface area contributed by atoms with Crippen LogP contribution in [-0.4, -0.2) is 20.6 Å². The van der Waals surface area contributed by atoms with Crippen molar-refractivity contribution in [3.63, 3.8) is 0 Å². The summed E-state index contributed by atoms with van der Waals surface area (Å²) in [7, 11) is 0. The fourth-order valence-corrected chi connectivity index (χ4v) is 2.97. The molecule has 19 heavy (non-hydrogen) atoms. The molecule has 1 aliphatic rings. The van der Waals surface area contributed by atoms with Crippen LogP contribution in [0.1, 0.15) is 44.6 Å². The molecule has 2 heterocycles. The zero-order valence-electron chi connectivity index (χ0n) is 11.8. The first-order valence-electron chi connectivity index (χ1n) is 7.32. The molecule has 0 bridgehead atoms. The normalized spacial score (nSPS) is 24.3. The molecule has 0 aromatic carbocycles. The van der Waals surface area contributed by atoms with E-state index in [9.17, 15) is 0 Å². The maximum Gasteiger partial charge on any atom is 0.243 e. The Morgan fingerprint density at radius 2 is 2.11 bits per heavy atom. The van der Waals surface area contributed by atoms with E-state index in [1.807, 2.05) is 16.8 Å². The largest absolute Gasteiger partial charge is 0.350 e. The van der Waals surface area contributed by atoms with Gasteiger partial charge in [0.15, 0.2) is 5.65 Å². The van der Waals surface area contributed by atoms with Crippen molar-refractivity contribution in [2.75, 3.05) is 5.32 Å². The van der Waals surface area contributed by atoms with E-state index in [2.05, 4.69) is 35.3 Å². The van der Waals surface area contributed by atoms with Gasteiger partial charge >= 0.3 is 0 Å². The molecule has 1 fully saturated rings. The lowest BCUT2D eigenvalue weighted by Gasteiger charge is -2.21. The van der Waals surface area contributed by atoms with Crippen LogP contribution in [0.3, 0.4) is 0 Å². The Labute approximate surface area is 114 Å². The first kappa shape index (κ1) is 12.5. The molecule has 2 aromatic heterocycles. The van der Waals surface area contributed by atoms with Crippen molar-refractivity contribution in [2.45, 2.75) is 52.0 Å². The fourth-order valence-electron chi connectivity index (χ4n) is 2.97. The number of pyridine rings is 1. The number of hydrogen-bond donors (Lipinski definition) is 1. The number of nitrogens with one attached hydrogen (secondary N) is 1. The topological polar surface area (TPSA) is 42.2 Å². The summed E-state index contributed by atoms with van der Waals surface area (Å²) in [5.74, 6) is 1.48. The van der Waals surface area contributed by atoms with Gasteiger partial charge in [-0.05, 0) is 37.3 Å². The Bertz CT molecular complexity index is 560. The van der Waals surface area contributed by atoms with E-state index in [0.29, 0.717) is 12.0 Å². The minimum Gasteiger partial charge on any atom is -0.350 e. The summed E-state index contributed by atoms with van der Waals surface area (Å²) in [5.41, 5.74) is 2.11. The number of hydrogen-bond acceptors (Lipinski definition) is 3. The maximum atomic E-state index is 4.61. The second kappa shape index (κ2) is 5.19. The van der Waals surface area contributed by atoms with E-state index in [1.165, 1.54) is 32.1 Å². The van der Waals surface area contributed by atoms with Crippen LogP contribution in [0.15, 0.2) is 18.3 Å². The van der Waals surface area contributed by atoms with Crippen molar-refractivity contribution in [3.05, 3.63) is 23.9 Å². The zero-order chi connectivity index (χ0) is 13.2. The Kier molecular flexibility index (Phi) is 3.40. The number of anilines is 1. The molecule has 0 saturated heterocycles. The molecule has 3 rings (SSSR count). The number of aromatic nitrogens is 3. The second-order valence-electron chi connectivity index (χ2n) is 5.76. The van der Waals surface area contributed by atoms with Crippen LogP contribution in [0, 0.1) is 12.8 Å². The standard InChI is InChI=1S/C15H22N4/c1-11-7-4-3-5-9-13(11)16-15-17-14-12(2)8-6-10-19(14)18-15/h6,8,10-11,13H,3-5,7,9H2,1-2H3,(H,16,18). The van der Waals surface area contributed by atoms with Crippen LogP contribution < -0.4 is 5.32 Å². The third kappa shape index (κ3) is 2.57. The van der Waals surface area contributed by atoms with Gasteiger partial charge in [0.1, 0.15) is 0 Å². The molecule has 2 atom stereocenters. The number of aryl methyl sites for hydroxylation is 1.